The molecule has 0 bridgehead atoms. The summed E-state index contributed by atoms with van der Waals surface area (Å²) in [4.78, 5) is 16.8. The van der Waals surface area contributed by atoms with Crippen molar-refractivity contribution in [3.05, 3.63) is 17.7 Å². The number of hydrogen-bond acceptors (Lipinski definition) is 2. The second-order valence-corrected chi connectivity index (χ2v) is 7.22. The first kappa shape index (κ1) is 13.4. The molecule has 2 aliphatic carbocycles. The maximum atomic E-state index is 12.5. The quantitative estimate of drug-likeness (QED) is 0.903. The van der Waals surface area contributed by atoms with E-state index in [2.05, 4.69) is 14.9 Å². The van der Waals surface area contributed by atoms with E-state index in [9.17, 15) is 4.79 Å². The third-order valence-corrected chi connectivity index (χ3v) is 5.63. The largest absolute Gasteiger partial charge is 0.356 e. The predicted octanol–water partition coefficient (Wildman–Crippen LogP) is 2.31. The fraction of sp³-hybridized carbons (Fsp3) is 0.765. The molecule has 1 N–H and O–H groups in total. The summed E-state index contributed by atoms with van der Waals surface area (Å²) in [6.45, 7) is 3.90. The maximum absolute atomic E-state index is 12.5. The normalized spacial score (nSPS) is 25.0. The number of nitrogens with zero attached hydrogens (tertiary/aromatic N) is 2. The van der Waals surface area contributed by atoms with Crippen LogP contribution in [0.25, 0.3) is 0 Å². The third-order valence-electron chi connectivity index (χ3n) is 5.63. The van der Waals surface area contributed by atoms with Gasteiger partial charge < -0.3 is 9.88 Å². The minimum absolute atomic E-state index is 0.146. The van der Waals surface area contributed by atoms with E-state index in [1.807, 2.05) is 13.1 Å². The fourth-order valence-corrected chi connectivity index (χ4v) is 3.98. The molecule has 1 aromatic heterocycles. The number of fused-ring (bicyclic) bond motifs is 1. The van der Waals surface area contributed by atoms with Gasteiger partial charge in [0, 0.05) is 37.3 Å². The zero-order valence-electron chi connectivity index (χ0n) is 12.8. The molecule has 1 amide bonds. The molecule has 0 spiro atoms. The second kappa shape index (κ2) is 5.15. The van der Waals surface area contributed by atoms with Gasteiger partial charge in [-0.1, -0.05) is 0 Å². The van der Waals surface area contributed by atoms with Crippen molar-refractivity contribution in [3.8, 4) is 0 Å². The zero-order chi connectivity index (χ0) is 14.4. The molecule has 2 fully saturated rings. The fourth-order valence-electron chi connectivity index (χ4n) is 3.98. The van der Waals surface area contributed by atoms with Gasteiger partial charge in [-0.15, -0.1) is 0 Å². The molecule has 4 rings (SSSR count). The molecule has 2 saturated carbocycles. The van der Waals surface area contributed by atoms with Crippen molar-refractivity contribution in [1.82, 2.24) is 14.9 Å². The Hall–Kier alpha value is -1.32. The highest BCUT2D eigenvalue weighted by atomic mass is 16.1. The van der Waals surface area contributed by atoms with Gasteiger partial charge in [-0.05, 0) is 56.8 Å². The average molecular weight is 287 g/mol. The van der Waals surface area contributed by atoms with Crippen LogP contribution < -0.4 is 5.32 Å². The van der Waals surface area contributed by atoms with Crippen LogP contribution in [0.1, 0.15) is 43.6 Å². The Balaban J connectivity index is 1.33. The van der Waals surface area contributed by atoms with Crippen LogP contribution in [0.4, 0.5) is 0 Å². The number of amides is 1. The highest BCUT2D eigenvalue weighted by Crippen LogP contribution is 2.48. The number of carbonyl (C=O) groups excluding carboxylic acids is 1. The van der Waals surface area contributed by atoms with Crippen molar-refractivity contribution in [2.45, 2.75) is 52.0 Å². The van der Waals surface area contributed by atoms with Gasteiger partial charge in [0.25, 0.3) is 0 Å². The molecule has 0 aromatic carbocycles. The lowest BCUT2D eigenvalue weighted by Crippen LogP contribution is -2.38. The van der Waals surface area contributed by atoms with Crippen LogP contribution in [0.15, 0.2) is 6.20 Å². The van der Waals surface area contributed by atoms with E-state index in [4.69, 9.17) is 0 Å². The van der Waals surface area contributed by atoms with E-state index in [0.717, 1.165) is 49.5 Å². The summed E-state index contributed by atoms with van der Waals surface area (Å²) in [5.74, 6) is 4.08. The summed E-state index contributed by atoms with van der Waals surface area (Å²) in [6, 6.07) is 0. The monoisotopic (exact) mass is 287 g/mol. The Morgan fingerprint density at radius 1 is 1.33 bits per heavy atom. The summed E-state index contributed by atoms with van der Waals surface area (Å²) >= 11 is 0. The van der Waals surface area contributed by atoms with Crippen molar-refractivity contribution < 1.29 is 4.79 Å². The Labute approximate surface area is 126 Å². The Morgan fingerprint density at radius 2 is 2.05 bits per heavy atom. The zero-order valence-corrected chi connectivity index (χ0v) is 12.8. The van der Waals surface area contributed by atoms with Crippen LogP contribution in [0.3, 0.4) is 0 Å². The molecule has 21 heavy (non-hydrogen) atoms. The molecular weight excluding hydrogens is 262 g/mol. The van der Waals surface area contributed by atoms with Crippen LogP contribution in [0, 0.1) is 30.6 Å². The Kier molecular flexibility index (Phi) is 3.27. The number of aryl methyl sites for hydroxylation is 1. The van der Waals surface area contributed by atoms with Crippen molar-refractivity contribution in [2.24, 2.45) is 23.7 Å². The summed E-state index contributed by atoms with van der Waals surface area (Å²) in [5, 5.41) is 3.26. The van der Waals surface area contributed by atoms with E-state index in [1.54, 1.807) is 0 Å². The van der Waals surface area contributed by atoms with Crippen LogP contribution >= 0.6 is 0 Å². The Morgan fingerprint density at radius 3 is 2.71 bits per heavy atom. The van der Waals surface area contributed by atoms with Crippen molar-refractivity contribution in [1.29, 1.82) is 0 Å². The molecule has 1 aliphatic heterocycles. The molecule has 0 saturated heterocycles. The summed E-state index contributed by atoms with van der Waals surface area (Å²) in [7, 11) is 0. The highest BCUT2D eigenvalue weighted by Gasteiger charge is 2.41. The van der Waals surface area contributed by atoms with Gasteiger partial charge in [0.05, 0.1) is 0 Å². The summed E-state index contributed by atoms with van der Waals surface area (Å²) in [5.41, 5.74) is 1.22. The predicted molar refractivity (Wildman–Crippen MR) is 80.7 cm³/mol. The lowest BCUT2D eigenvalue weighted by Gasteiger charge is -2.25. The lowest BCUT2D eigenvalue weighted by molar-refractivity contribution is -0.125. The van der Waals surface area contributed by atoms with Gasteiger partial charge in [-0.2, -0.15) is 0 Å². The van der Waals surface area contributed by atoms with Crippen molar-refractivity contribution >= 4 is 5.91 Å². The summed E-state index contributed by atoms with van der Waals surface area (Å²) in [6.07, 6.45) is 9.29. The first-order chi connectivity index (χ1) is 10.2. The molecule has 1 atom stereocenters. The van der Waals surface area contributed by atoms with Gasteiger partial charge in [0.2, 0.25) is 5.91 Å². The Bertz CT molecular complexity index is 530. The maximum Gasteiger partial charge on any atom is 0.223 e. The second-order valence-electron chi connectivity index (χ2n) is 7.22. The minimum Gasteiger partial charge on any atom is -0.356 e. The molecule has 114 valence electrons. The summed E-state index contributed by atoms with van der Waals surface area (Å²) < 4.78 is 2.25. The van der Waals surface area contributed by atoms with Gasteiger partial charge >= 0.3 is 0 Å². The van der Waals surface area contributed by atoms with Crippen LogP contribution in [0.2, 0.25) is 0 Å². The third kappa shape index (κ3) is 2.72. The van der Waals surface area contributed by atoms with Crippen LogP contribution in [0.5, 0.6) is 0 Å². The number of aromatic nitrogens is 2. The van der Waals surface area contributed by atoms with Gasteiger partial charge in [0.1, 0.15) is 5.82 Å². The van der Waals surface area contributed by atoms with E-state index in [1.165, 1.54) is 31.4 Å². The van der Waals surface area contributed by atoms with Gasteiger partial charge in [0.15, 0.2) is 0 Å². The molecule has 1 aromatic rings. The molecule has 4 nitrogen and oxygen atoms in total. The van der Waals surface area contributed by atoms with Gasteiger partial charge in [-0.3, -0.25) is 4.79 Å². The number of carbonyl (C=O) groups is 1. The first-order valence-electron chi connectivity index (χ1n) is 8.51. The minimum atomic E-state index is 0.146. The molecule has 3 aliphatic rings. The van der Waals surface area contributed by atoms with E-state index < -0.39 is 0 Å². The number of hydrogen-bond donors (Lipinski definition) is 1. The van der Waals surface area contributed by atoms with Crippen molar-refractivity contribution in [2.75, 3.05) is 6.54 Å². The van der Waals surface area contributed by atoms with E-state index in [0.29, 0.717) is 0 Å². The lowest BCUT2D eigenvalue weighted by atomic mass is 9.94. The average Bonchev–Trinajstić information content (AvgIpc) is 3.39. The SMILES string of the molecule is Cc1ncc2n1CCC(C(=O)NCC(C1CC1)C1CC1)C2. The first-order valence-corrected chi connectivity index (χ1v) is 8.51. The number of imidazole rings is 1. The molecule has 2 heterocycles. The number of nitrogens with one attached hydrogen (secondary N) is 1. The molecule has 4 heteroatoms. The van der Waals surface area contributed by atoms with Crippen molar-refractivity contribution in [3.63, 3.8) is 0 Å². The van der Waals surface area contributed by atoms with E-state index in [-0.39, 0.29) is 11.8 Å². The van der Waals surface area contributed by atoms with Gasteiger partial charge in [-0.25, -0.2) is 4.98 Å². The molecular formula is C17H25N3O. The smallest absolute Gasteiger partial charge is 0.223 e. The van der Waals surface area contributed by atoms with Crippen LogP contribution in [-0.4, -0.2) is 22.0 Å². The number of rotatable bonds is 5. The van der Waals surface area contributed by atoms with E-state index >= 15 is 0 Å². The standard InChI is InChI=1S/C17H25N3O/c1-11-18-9-15-8-14(6-7-20(11)15)17(21)19-10-16(12-2-3-12)13-4-5-13/h9,12-14,16H,2-8,10H2,1H3,(H,19,21). The topological polar surface area (TPSA) is 46.9 Å². The molecule has 1 unspecified atom stereocenters. The molecule has 0 radical (unpaired) electrons. The van der Waals surface area contributed by atoms with Crippen LogP contribution in [-0.2, 0) is 17.8 Å². The highest BCUT2D eigenvalue weighted by molar-refractivity contribution is 5.79.